The molecule has 0 aromatic heterocycles. The molecule has 0 N–H and O–H groups in total. The van der Waals surface area contributed by atoms with Crippen molar-refractivity contribution < 1.29 is 111 Å². The molecule has 0 spiro atoms. The van der Waals surface area contributed by atoms with E-state index in [1.54, 1.807) is 9.47 Å². The number of ether oxygens (including phenoxy) is 5. The fourth-order valence-electron chi connectivity index (χ4n) is 1.20. The van der Waals surface area contributed by atoms with Crippen LogP contribution in [0, 0.1) is 0 Å². The molecule has 0 fully saturated rings. The topological polar surface area (TPSA) is 46.2 Å². The van der Waals surface area contributed by atoms with Crippen molar-refractivity contribution in [2.75, 3.05) is 0 Å². The van der Waals surface area contributed by atoms with Gasteiger partial charge in [0.2, 0.25) is 0 Å². The Morgan fingerprint density at radius 1 is 0.286 bits per heavy atom. The quantitative estimate of drug-likeness (QED) is 0.227. The molecule has 0 rings (SSSR count). The highest BCUT2D eigenvalue weighted by atomic mass is 19.4. The second-order valence-electron chi connectivity index (χ2n) is 5.20. The number of halogens is 20. The van der Waals surface area contributed by atoms with Crippen LogP contribution in [0.15, 0.2) is 0 Å². The largest absolute Gasteiger partial charge is 0.453 e. The number of rotatable bonds is 14. The SMILES string of the molecule is FC(F)OC(F)(F)C(F)(F)OC(F)(F)C(F)(F)OC(F)(F)C(F)(F)OC(F)(F)C(F)(F)OC(F)F. The maximum Gasteiger partial charge on any atom is 0.453 e. The summed E-state index contributed by atoms with van der Waals surface area (Å²) in [4.78, 5) is 0. The van der Waals surface area contributed by atoms with Crippen molar-refractivity contribution in [2.24, 2.45) is 0 Å². The van der Waals surface area contributed by atoms with Gasteiger partial charge in [-0.05, 0) is 0 Å². The number of alkyl halides is 20. The molecule has 0 aromatic rings. The van der Waals surface area contributed by atoms with E-state index in [1.807, 2.05) is 0 Å². The molecule has 0 saturated heterocycles. The molecular formula is C10H2F20O5. The predicted octanol–water partition coefficient (Wildman–Crippen LogP) is 6.26. The summed E-state index contributed by atoms with van der Waals surface area (Å²) >= 11 is 0. The Labute approximate surface area is 175 Å². The Bertz CT molecular complexity index is 648. The average molecular weight is 582 g/mol. The molecular weight excluding hydrogens is 580 g/mol. The monoisotopic (exact) mass is 582 g/mol. The third-order valence-electron chi connectivity index (χ3n) is 2.60. The molecule has 0 unspecified atom stereocenters. The molecule has 0 saturated carbocycles. The molecule has 0 aliphatic carbocycles. The number of hydrogen-bond donors (Lipinski definition) is 0. The van der Waals surface area contributed by atoms with Crippen LogP contribution in [0.25, 0.3) is 0 Å². The molecule has 0 atom stereocenters. The van der Waals surface area contributed by atoms with E-state index in [2.05, 4.69) is 0 Å². The van der Waals surface area contributed by atoms with Crippen LogP contribution in [0.5, 0.6) is 0 Å². The summed E-state index contributed by atoms with van der Waals surface area (Å²) in [5, 5.41) is 0. The molecule has 0 aliphatic heterocycles. The van der Waals surface area contributed by atoms with E-state index in [0.29, 0.717) is 0 Å². The van der Waals surface area contributed by atoms with E-state index in [1.165, 1.54) is 14.2 Å². The lowest BCUT2D eigenvalue weighted by atomic mass is 10.4. The Morgan fingerprint density at radius 2 is 0.429 bits per heavy atom. The van der Waals surface area contributed by atoms with Gasteiger partial charge in [0.25, 0.3) is 0 Å². The second kappa shape index (κ2) is 9.70. The molecule has 0 bridgehead atoms. The lowest BCUT2D eigenvalue weighted by Crippen LogP contribution is -2.60. The van der Waals surface area contributed by atoms with E-state index >= 15 is 0 Å². The van der Waals surface area contributed by atoms with E-state index < -0.39 is 62.1 Å². The highest BCUT2D eigenvalue weighted by Crippen LogP contribution is 2.52. The normalized spacial score (nSPS) is 15.9. The van der Waals surface area contributed by atoms with Crippen LogP contribution in [0.1, 0.15) is 0 Å². The fourth-order valence-corrected chi connectivity index (χ4v) is 1.20. The molecule has 5 nitrogen and oxygen atoms in total. The maximum absolute atomic E-state index is 13.1. The van der Waals surface area contributed by atoms with Gasteiger partial charge >= 0.3 is 62.1 Å². The van der Waals surface area contributed by atoms with E-state index in [0.717, 1.165) is 0 Å². The minimum Gasteiger partial charge on any atom is -0.251 e. The van der Waals surface area contributed by atoms with Gasteiger partial charge in [0.15, 0.2) is 0 Å². The van der Waals surface area contributed by atoms with Crippen LogP contribution in [0.3, 0.4) is 0 Å². The minimum atomic E-state index is -7.76. The van der Waals surface area contributed by atoms with Crippen LogP contribution in [0.2, 0.25) is 0 Å². The van der Waals surface area contributed by atoms with E-state index in [9.17, 15) is 87.8 Å². The van der Waals surface area contributed by atoms with Gasteiger partial charge in [0, 0.05) is 0 Å². The predicted molar refractivity (Wildman–Crippen MR) is 57.0 cm³/mol. The third kappa shape index (κ3) is 7.69. The first-order valence-corrected chi connectivity index (χ1v) is 7.00. The Morgan fingerprint density at radius 3 is 0.571 bits per heavy atom. The van der Waals surface area contributed by atoms with Crippen LogP contribution in [-0.2, 0) is 23.7 Å². The molecule has 0 radical (unpaired) electrons. The minimum absolute atomic E-state index is 1.28. The van der Waals surface area contributed by atoms with Crippen molar-refractivity contribution in [3.05, 3.63) is 0 Å². The summed E-state index contributed by atoms with van der Waals surface area (Å²) in [6.07, 6.45) is -59.5. The van der Waals surface area contributed by atoms with Crippen molar-refractivity contribution in [3.63, 3.8) is 0 Å². The van der Waals surface area contributed by atoms with E-state index in [4.69, 9.17) is 0 Å². The molecule has 0 aromatic carbocycles. The van der Waals surface area contributed by atoms with Gasteiger partial charge in [-0.1, -0.05) is 0 Å². The standard InChI is InChI=1S/C10H2F20O5/c11-1(12)31-3(15,16)5(19,20)33-7(23,24)9(27,28)35-10(29,30)8(25,26)34-6(21,22)4(17,18)32-2(13)14/h1-2H. The van der Waals surface area contributed by atoms with Crippen molar-refractivity contribution in [3.8, 4) is 0 Å². The first-order valence-electron chi connectivity index (χ1n) is 7.00. The van der Waals surface area contributed by atoms with Crippen LogP contribution in [-0.4, -0.2) is 62.1 Å². The first kappa shape index (κ1) is 33.4. The van der Waals surface area contributed by atoms with Gasteiger partial charge in [-0.2, -0.15) is 87.8 Å². The fraction of sp³-hybridized carbons (Fsp3) is 1.00. The molecule has 25 heteroatoms. The van der Waals surface area contributed by atoms with Crippen molar-refractivity contribution >= 4 is 0 Å². The zero-order valence-corrected chi connectivity index (χ0v) is 14.8. The smallest absolute Gasteiger partial charge is 0.251 e. The summed E-state index contributed by atoms with van der Waals surface area (Å²) < 4.78 is 260. The van der Waals surface area contributed by atoms with Crippen molar-refractivity contribution in [1.29, 1.82) is 0 Å². The highest BCUT2D eigenvalue weighted by Gasteiger charge is 2.78. The lowest BCUT2D eigenvalue weighted by molar-refractivity contribution is -0.583. The van der Waals surface area contributed by atoms with Crippen LogP contribution >= 0.6 is 0 Å². The summed E-state index contributed by atoms with van der Waals surface area (Å²) in [6.45, 7) is -9.92. The summed E-state index contributed by atoms with van der Waals surface area (Å²) in [7, 11) is 0. The molecule has 0 aliphatic rings. The molecule has 0 heterocycles. The highest BCUT2D eigenvalue weighted by molar-refractivity contribution is 4.80. The van der Waals surface area contributed by atoms with Crippen LogP contribution in [0.4, 0.5) is 87.8 Å². The average Bonchev–Trinajstić information content (AvgIpc) is 2.48. The summed E-state index contributed by atoms with van der Waals surface area (Å²) in [6, 6.07) is 0. The van der Waals surface area contributed by atoms with Gasteiger partial charge in [-0.25, -0.2) is 14.2 Å². The molecule has 0 amide bonds. The van der Waals surface area contributed by atoms with Gasteiger partial charge in [-0.3, -0.25) is 9.47 Å². The number of hydrogen-bond acceptors (Lipinski definition) is 5. The zero-order valence-electron chi connectivity index (χ0n) is 14.8. The Balaban J connectivity index is 5.92. The maximum atomic E-state index is 13.1. The Kier molecular flexibility index (Phi) is 9.25. The first-order chi connectivity index (χ1) is 15.0. The Hall–Kier alpha value is -1.60. The van der Waals surface area contributed by atoms with Crippen LogP contribution < -0.4 is 0 Å². The summed E-state index contributed by atoms with van der Waals surface area (Å²) in [5.41, 5.74) is 0. The van der Waals surface area contributed by atoms with Gasteiger partial charge < -0.3 is 0 Å². The molecule has 35 heavy (non-hydrogen) atoms. The van der Waals surface area contributed by atoms with Gasteiger partial charge in [0.05, 0.1) is 0 Å². The lowest BCUT2D eigenvalue weighted by Gasteiger charge is -2.35. The zero-order chi connectivity index (χ0) is 28.7. The van der Waals surface area contributed by atoms with Crippen molar-refractivity contribution in [1.82, 2.24) is 0 Å². The molecule has 212 valence electrons. The summed E-state index contributed by atoms with van der Waals surface area (Å²) in [5.74, 6) is 0. The van der Waals surface area contributed by atoms with Gasteiger partial charge in [0.1, 0.15) is 0 Å². The van der Waals surface area contributed by atoms with Crippen molar-refractivity contribution in [2.45, 2.75) is 62.1 Å². The van der Waals surface area contributed by atoms with Gasteiger partial charge in [-0.15, -0.1) is 0 Å². The van der Waals surface area contributed by atoms with E-state index in [-0.39, 0.29) is 0 Å². The second-order valence-corrected chi connectivity index (χ2v) is 5.20. The third-order valence-corrected chi connectivity index (χ3v) is 2.60.